The first-order valence-electron chi connectivity index (χ1n) is 5.90. The summed E-state index contributed by atoms with van der Waals surface area (Å²) in [5.41, 5.74) is 2.00. The van der Waals surface area contributed by atoms with Crippen molar-refractivity contribution < 1.29 is 4.39 Å². The van der Waals surface area contributed by atoms with Crippen molar-refractivity contribution in [2.75, 3.05) is 24.2 Å². The molecule has 0 atom stereocenters. The van der Waals surface area contributed by atoms with Crippen molar-refractivity contribution in [3.05, 3.63) is 54.0 Å². The lowest BCUT2D eigenvalue weighted by molar-refractivity contribution is 0.625. The second-order valence-electron chi connectivity index (χ2n) is 3.99. The van der Waals surface area contributed by atoms with Crippen LogP contribution in [-0.4, -0.2) is 18.6 Å². The van der Waals surface area contributed by atoms with Gasteiger partial charge >= 0.3 is 0 Å². The Morgan fingerprint density at radius 2 is 2.11 bits per heavy atom. The van der Waals surface area contributed by atoms with Crippen molar-refractivity contribution in [3.8, 4) is 0 Å². The van der Waals surface area contributed by atoms with Gasteiger partial charge in [-0.05, 0) is 30.2 Å². The Kier molecular flexibility index (Phi) is 4.12. The molecule has 0 radical (unpaired) electrons. The lowest BCUT2D eigenvalue weighted by Crippen LogP contribution is -2.05. The molecule has 0 amide bonds. The monoisotopic (exact) mass is 245 g/mol. The predicted molar refractivity (Wildman–Crippen MR) is 72.4 cm³/mol. The molecule has 1 heterocycles. The molecule has 18 heavy (non-hydrogen) atoms. The highest BCUT2D eigenvalue weighted by atomic mass is 19.1. The lowest BCUT2D eigenvalue weighted by Gasteiger charge is -2.07. The number of rotatable bonds is 5. The van der Waals surface area contributed by atoms with Crippen LogP contribution in [0, 0.1) is 5.82 Å². The van der Waals surface area contributed by atoms with Gasteiger partial charge in [0, 0.05) is 31.5 Å². The smallest absolute Gasteiger partial charge is 0.127 e. The number of hydrogen-bond acceptors (Lipinski definition) is 3. The number of nitrogens with one attached hydrogen (secondary N) is 2. The van der Waals surface area contributed by atoms with E-state index in [4.69, 9.17) is 0 Å². The molecule has 0 saturated heterocycles. The van der Waals surface area contributed by atoms with Gasteiger partial charge in [-0.2, -0.15) is 0 Å². The zero-order valence-electron chi connectivity index (χ0n) is 10.3. The fraction of sp³-hybridized carbons (Fsp3) is 0.214. The van der Waals surface area contributed by atoms with Gasteiger partial charge in [-0.3, -0.25) is 0 Å². The quantitative estimate of drug-likeness (QED) is 0.850. The van der Waals surface area contributed by atoms with Gasteiger partial charge in [0.15, 0.2) is 0 Å². The third-order valence-electron chi connectivity index (χ3n) is 2.65. The maximum Gasteiger partial charge on any atom is 0.127 e. The standard InChI is InChI=1S/C14H16FN3/c1-16-14-10-13(6-8-18-14)17-7-5-11-3-2-4-12(15)9-11/h2-4,6,8-10H,5,7H2,1H3,(H2,16,17,18). The van der Waals surface area contributed by atoms with Crippen LogP contribution in [0.4, 0.5) is 15.9 Å². The third kappa shape index (κ3) is 3.45. The predicted octanol–water partition coefficient (Wildman–Crippen LogP) is 2.92. The number of halogens is 1. The summed E-state index contributed by atoms with van der Waals surface area (Å²) in [4.78, 5) is 4.14. The van der Waals surface area contributed by atoms with Crippen LogP contribution >= 0.6 is 0 Å². The van der Waals surface area contributed by atoms with Crippen molar-refractivity contribution in [2.24, 2.45) is 0 Å². The Morgan fingerprint density at radius 3 is 2.89 bits per heavy atom. The molecular formula is C14H16FN3. The average molecular weight is 245 g/mol. The Hall–Kier alpha value is -2.10. The summed E-state index contributed by atoms with van der Waals surface area (Å²) < 4.78 is 13.0. The van der Waals surface area contributed by atoms with E-state index < -0.39 is 0 Å². The Labute approximate surface area is 106 Å². The van der Waals surface area contributed by atoms with E-state index in [1.165, 1.54) is 6.07 Å². The summed E-state index contributed by atoms with van der Waals surface area (Å²) in [6.45, 7) is 0.761. The van der Waals surface area contributed by atoms with Gasteiger partial charge in [0.2, 0.25) is 0 Å². The van der Waals surface area contributed by atoms with E-state index in [-0.39, 0.29) is 5.82 Å². The van der Waals surface area contributed by atoms with Crippen LogP contribution in [0.25, 0.3) is 0 Å². The second kappa shape index (κ2) is 6.00. The lowest BCUT2D eigenvalue weighted by atomic mass is 10.1. The summed E-state index contributed by atoms with van der Waals surface area (Å²) in [5.74, 6) is 0.639. The van der Waals surface area contributed by atoms with E-state index in [2.05, 4.69) is 15.6 Å². The number of anilines is 2. The molecular weight excluding hydrogens is 229 g/mol. The molecule has 94 valence electrons. The van der Waals surface area contributed by atoms with Crippen molar-refractivity contribution in [3.63, 3.8) is 0 Å². The molecule has 2 rings (SSSR count). The fourth-order valence-corrected chi connectivity index (χ4v) is 1.72. The topological polar surface area (TPSA) is 37.0 Å². The zero-order valence-corrected chi connectivity index (χ0v) is 10.3. The minimum Gasteiger partial charge on any atom is -0.385 e. The molecule has 0 saturated carbocycles. The molecule has 1 aromatic heterocycles. The maximum absolute atomic E-state index is 13.0. The van der Waals surface area contributed by atoms with E-state index in [0.717, 1.165) is 30.0 Å². The Morgan fingerprint density at radius 1 is 1.22 bits per heavy atom. The van der Waals surface area contributed by atoms with Gasteiger partial charge in [-0.15, -0.1) is 0 Å². The van der Waals surface area contributed by atoms with E-state index in [9.17, 15) is 4.39 Å². The number of hydrogen-bond donors (Lipinski definition) is 2. The van der Waals surface area contributed by atoms with Crippen LogP contribution in [0.1, 0.15) is 5.56 Å². The van der Waals surface area contributed by atoms with Crippen LogP contribution in [0.3, 0.4) is 0 Å². The first-order chi connectivity index (χ1) is 8.78. The fourth-order valence-electron chi connectivity index (χ4n) is 1.72. The average Bonchev–Trinajstić information content (AvgIpc) is 2.39. The van der Waals surface area contributed by atoms with Crippen molar-refractivity contribution in [1.29, 1.82) is 0 Å². The SMILES string of the molecule is CNc1cc(NCCc2cccc(F)c2)ccn1. The molecule has 0 bridgehead atoms. The number of nitrogens with zero attached hydrogens (tertiary/aromatic N) is 1. The molecule has 0 aliphatic heterocycles. The second-order valence-corrected chi connectivity index (χ2v) is 3.99. The molecule has 0 spiro atoms. The first kappa shape index (κ1) is 12.4. The number of pyridine rings is 1. The van der Waals surface area contributed by atoms with Crippen molar-refractivity contribution in [1.82, 2.24) is 4.98 Å². The highest BCUT2D eigenvalue weighted by molar-refractivity contribution is 5.51. The van der Waals surface area contributed by atoms with Gasteiger partial charge in [-0.25, -0.2) is 9.37 Å². The van der Waals surface area contributed by atoms with Gasteiger partial charge in [0.1, 0.15) is 11.6 Å². The van der Waals surface area contributed by atoms with Gasteiger partial charge in [0.25, 0.3) is 0 Å². The van der Waals surface area contributed by atoms with Gasteiger partial charge in [0.05, 0.1) is 0 Å². The minimum atomic E-state index is -0.186. The van der Waals surface area contributed by atoms with E-state index >= 15 is 0 Å². The van der Waals surface area contributed by atoms with Crippen LogP contribution < -0.4 is 10.6 Å². The van der Waals surface area contributed by atoms with E-state index in [0.29, 0.717) is 0 Å². The largest absolute Gasteiger partial charge is 0.385 e. The first-order valence-corrected chi connectivity index (χ1v) is 5.90. The highest BCUT2D eigenvalue weighted by Crippen LogP contribution is 2.11. The summed E-state index contributed by atoms with van der Waals surface area (Å²) >= 11 is 0. The molecule has 3 nitrogen and oxygen atoms in total. The molecule has 1 aromatic carbocycles. The Balaban J connectivity index is 1.88. The van der Waals surface area contributed by atoms with Crippen LogP contribution in [0.15, 0.2) is 42.6 Å². The molecule has 0 aliphatic carbocycles. The molecule has 0 aliphatic rings. The molecule has 2 aromatic rings. The van der Waals surface area contributed by atoms with Gasteiger partial charge < -0.3 is 10.6 Å². The molecule has 0 unspecified atom stereocenters. The Bertz CT molecular complexity index is 514. The summed E-state index contributed by atoms with van der Waals surface area (Å²) in [5, 5.41) is 6.27. The zero-order chi connectivity index (χ0) is 12.8. The number of aromatic nitrogens is 1. The molecule has 2 N–H and O–H groups in total. The van der Waals surface area contributed by atoms with Gasteiger partial charge in [-0.1, -0.05) is 12.1 Å². The highest BCUT2D eigenvalue weighted by Gasteiger charge is 1.97. The van der Waals surface area contributed by atoms with Crippen LogP contribution in [0.5, 0.6) is 0 Å². The summed E-state index contributed by atoms with van der Waals surface area (Å²) in [6.07, 6.45) is 2.53. The van der Waals surface area contributed by atoms with Crippen LogP contribution in [0.2, 0.25) is 0 Å². The van der Waals surface area contributed by atoms with E-state index in [1.807, 2.05) is 25.2 Å². The van der Waals surface area contributed by atoms with Crippen LogP contribution in [-0.2, 0) is 6.42 Å². The van der Waals surface area contributed by atoms with Crippen molar-refractivity contribution >= 4 is 11.5 Å². The maximum atomic E-state index is 13.0. The summed E-state index contributed by atoms with van der Waals surface area (Å²) in [6, 6.07) is 10.5. The van der Waals surface area contributed by atoms with E-state index in [1.54, 1.807) is 18.3 Å². The molecule has 0 fully saturated rings. The third-order valence-corrected chi connectivity index (χ3v) is 2.65. The minimum absolute atomic E-state index is 0.186. The number of benzene rings is 1. The molecule has 4 heteroatoms. The van der Waals surface area contributed by atoms with Crippen molar-refractivity contribution in [2.45, 2.75) is 6.42 Å². The summed E-state index contributed by atoms with van der Waals surface area (Å²) in [7, 11) is 1.83. The normalized spacial score (nSPS) is 10.1.